The molecule has 2 aromatic heterocycles. The molecule has 2 aromatic rings. The van der Waals surface area contributed by atoms with Crippen molar-refractivity contribution in [2.24, 2.45) is 0 Å². The summed E-state index contributed by atoms with van der Waals surface area (Å²) in [5, 5.41) is 4.32. The van der Waals surface area contributed by atoms with Gasteiger partial charge in [-0.1, -0.05) is 0 Å². The molecule has 2 rings (SSSR count). The fourth-order valence-corrected chi connectivity index (χ4v) is 2.53. The first-order chi connectivity index (χ1) is 10.3. The summed E-state index contributed by atoms with van der Waals surface area (Å²) in [4.78, 5) is 8.40. The molecule has 8 heteroatoms. The summed E-state index contributed by atoms with van der Waals surface area (Å²) in [5.74, 6) is 0.897. The van der Waals surface area contributed by atoms with Crippen LogP contribution in [-0.2, 0) is 11.4 Å². The lowest BCUT2D eigenvalue weighted by Crippen LogP contribution is -2.41. The lowest BCUT2D eigenvalue weighted by molar-refractivity contribution is 0.393. The number of rotatable bonds is 5. The predicted octanol–water partition coefficient (Wildman–Crippen LogP) is 1.78. The molecule has 0 aromatic carbocycles. The summed E-state index contributed by atoms with van der Waals surface area (Å²) in [6.45, 7) is 7.67. The van der Waals surface area contributed by atoms with Gasteiger partial charge in [0, 0.05) is 29.8 Å². The minimum Gasteiger partial charge on any atom is -0.598 e. The van der Waals surface area contributed by atoms with Crippen LogP contribution in [0.2, 0.25) is 0 Å². The molecule has 0 aliphatic carbocycles. The molecule has 0 amide bonds. The first-order valence-corrected chi connectivity index (χ1v) is 8.07. The van der Waals surface area contributed by atoms with Gasteiger partial charge in [0.2, 0.25) is 5.88 Å². The zero-order valence-electron chi connectivity index (χ0n) is 13.4. The molecule has 1 N–H and O–H groups in total. The molecule has 22 heavy (non-hydrogen) atoms. The van der Waals surface area contributed by atoms with Crippen molar-refractivity contribution >= 4 is 11.4 Å². The molecule has 7 nitrogen and oxygen atoms in total. The third-order valence-corrected chi connectivity index (χ3v) is 4.63. The Morgan fingerprint density at radius 3 is 2.50 bits per heavy atom. The van der Waals surface area contributed by atoms with E-state index in [1.807, 2.05) is 27.7 Å². The second kappa shape index (κ2) is 6.64. The molecule has 0 aliphatic heterocycles. The Labute approximate surface area is 133 Å². The Bertz CT molecular complexity index is 611. The molecule has 0 spiro atoms. The number of hydrogen-bond acceptors (Lipinski definition) is 6. The van der Waals surface area contributed by atoms with E-state index in [4.69, 9.17) is 4.74 Å². The van der Waals surface area contributed by atoms with E-state index < -0.39 is 11.4 Å². The molecular weight excluding hydrogens is 302 g/mol. The number of nitrogens with one attached hydrogen (secondary N) is 1. The van der Waals surface area contributed by atoms with Crippen LogP contribution in [0.15, 0.2) is 24.5 Å². The fourth-order valence-electron chi connectivity index (χ4n) is 1.74. The van der Waals surface area contributed by atoms with Gasteiger partial charge in [-0.25, -0.2) is 9.97 Å². The van der Waals surface area contributed by atoms with Crippen molar-refractivity contribution in [2.75, 3.05) is 7.11 Å². The van der Waals surface area contributed by atoms with Crippen LogP contribution < -0.4 is 9.46 Å². The zero-order chi connectivity index (χ0) is 16.3. The minimum absolute atomic E-state index is 0.208. The highest BCUT2D eigenvalue weighted by Crippen LogP contribution is 2.24. The van der Waals surface area contributed by atoms with Crippen molar-refractivity contribution in [3.63, 3.8) is 0 Å². The quantitative estimate of drug-likeness (QED) is 0.844. The summed E-state index contributed by atoms with van der Waals surface area (Å²) in [5.41, 5.74) is 0.778. The van der Waals surface area contributed by atoms with Crippen molar-refractivity contribution in [3.05, 3.63) is 30.2 Å². The Morgan fingerprint density at radius 1 is 1.32 bits per heavy atom. The molecule has 2 unspecified atom stereocenters. The van der Waals surface area contributed by atoms with Crippen LogP contribution in [0.25, 0.3) is 5.95 Å². The first kappa shape index (κ1) is 16.7. The highest BCUT2D eigenvalue weighted by Gasteiger charge is 2.30. The maximum absolute atomic E-state index is 12.3. The molecule has 0 saturated carbocycles. The molecule has 0 radical (unpaired) electrons. The second-order valence-electron chi connectivity index (χ2n) is 5.79. The molecule has 0 aliphatic rings. The average molecular weight is 323 g/mol. The van der Waals surface area contributed by atoms with Gasteiger partial charge in [0.25, 0.3) is 5.95 Å². The Kier molecular flexibility index (Phi) is 5.05. The van der Waals surface area contributed by atoms with E-state index in [1.54, 1.807) is 36.3 Å². The van der Waals surface area contributed by atoms with Gasteiger partial charge in [0.05, 0.1) is 18.8 Å². The van der Waals surface area contributed by atoms with Crippen molar-refractivity contribution < 1.29 is 9.29 Å². The monoisotopic (exact) mass is 323 g/mol. The van der Waals surface area contributed by atoms with E-state index >= 15 is 0 Å². The van der Waals surface area contributed by atoms with Crippen LogP contribution in [0.5, 0.6) is 5.88 Å². The molecule has 0 saturated heterocycles. The number of aromatic nitrogens is 4. The Morgan fingerprint density at radius 2 is 1.95 bits per heavy atom. The fraction of sp³-hybridized carbons (Fsp3) is 0.500. The third-order valence-electron chi connectivity index (χ3n) is 2.95. The van der Waals surface area contributed by atoms with Gasteiger partial charge in [-0.3, -0.25) is 0 Å². The standard InChI is InChI=1S/C14H21N5O2S/c1-10(18-22(20)14(2,3)4)11-9-12(21-5)17-19(11)13-15-7-6-8-16-13/h6-10,18H,1-5H3. The SMILES string of the molecule is COc1cc(C(C)N[S+]([O-])C(C)(C)C)n(-c2ncccn2)n1. The van der Waals surface area contributed by atoms with E-state index in [-0.39, 0.29) is 10.8 Å². The van der Waals surface area contributed by atoms with Gasteiger partial charge in [-0.2, -0.15) is 4.68 Å². The summed E-state index contributed by atoms with van der Waals surface area (Å²) in [6.07, 6.45) is 3.29. The topological polar surface area (TPSA) is 87.9 Å². The van der Waals surface area contributed by atoms with Gasteiger partial charge in [-0.05, 0) is 33.8 Å². The normalized spacial score (nSPS) is 14.6. The van der Waals surface area contributed by atoms with Gasteiger partial charge < -0.3 is 9.29 Å². The van der Waals surface area contributed by atoms with Gasteiger partial charge in [-0.15, -0.1) is 9.82 Å². The number of hydrogen-bond donors (Lipinski definition) is 1. The highest BCUT2D eigenvalue weighted by molar-refractivity contribution is 7.90. The Balaban J connectivity index is 2.32. The summed E-state index contributed by atoms with van der Waals surface area (Å²) in [7, 11) is 1.55. The maximum Gasteiger partial charge on any atom is 0.250 e. The van der Waals surface area contributed by atoms with Crippen LogP contribution >= 0.6 is 0 Å². The van der Waals surface area contributed by atoms with Gasteiger partial charge in [0.1, 0.15) is 4.75 Å². The van der Waals surface area contributed by atoms with Crippen LogP contribution in [-0.4, -0.2) is 36.2 Å². The first-order valence-electron chi connectivity index (χ1n) is 6.92. The summed E-state index contributed by atoms with van der Waals surface area (Å²) < 4.78 is 21.8. The van der Waals surface area contributed by atoms with Crippen molar-refractivity contribution in [3.8, 4) is 11.8 Å². The average Bonchev–Trinajstić information content (AvgIpc) is 2.91. The maximum atomic E-state index is 12.3. The van der Waals surface area contributed by atoms with E-state index in [0.29, 0.717) is 11.8 Å². The lowest BCUT2D eigenvalue weighted by Gasteiger charge is -2.26. The van der Waals surface area contributed by atoms with Gasteiger partial charge >= 0.3 is 0 Å². The zero-order valence-corrected chi connectivity index (χ0v) is 14.2. The molecule has 2 heterocycles. The molecular formula is C14H21N5O2S. The van der Waals surface area contributed by atoms with Crippen LogP contribution in [0.3, 0.4) is 0 Å². The smallest absolute Gasteiger partial charge is 0.250 e. The lowest BCUT2D eigenvalue weighted by atomic mass is 10.2. The van der Waals surface area contributed by atoms with Crippen molar-refractivity contribution in [1.82, 2.24) is 24.5 Å². The predicted molar refractivity (Wildman–Crippen MR) is 85.2 cm³/mol. The van der Waals surface area contributed by atoms with Crippen molar-refractivity contribution in [2.45, 2.75) is 38.5 Å². The molecule has 0 bridgehead atoms. The van der Waals surface area contributed by atoms with Crippen LogP contribution in [0, 0.1) is 0 Å². The van der Waals surface area contributed by atoms with E-state index in [2.05, 4.69) is 19.8 Å². The molecule has 2 atom stereocenters. The molecule has 120 valence electrons. The second-order valence-corrected chi connectivity index (χ2v) is 7.79. The Hall–Kier alpha value is -1.64. The highest BCUT2D eigenvalue weighted by atomic mass is 32.2. The largest absolute Gasteiger partial charge is 0.598 e. The summed E-state index contributed by atoms with van der Waals surface area (Å²) in [6, 6.07) is 3.31. The minimum atomic E-state index is -1.20. The number of nitrogens with zero attached hydrogens (tertiary/aromatic N) is 4. The third kappa shape index (κ3) is 3.76. The van der Waals surface area contributed by atoms with E-state index in [9.17, 15) is 4.55 Å². The van der Waals surface area contributed by atoms with Crippen molar-refractivity contribution in [1.29, 1.82) is 0 Å². The van der Waals surface area contributed by atoms with E-state index in [1.165, 1.54) is 0 Å². The van der Waals surface area contributed by atoms with E-state index in [0.717, 1.165) is 5.69 Å². The molecule has 0 fully saturated rings. The number of methoxy groups -OCH3 is 1. The number of ether oxygens (including phenoxy) is 1. The summed E-state index contributed by atoms with van der Waals surface area (Å²) >= 11 is -1.20. The van der Waals surface area contributed by atoms with Crippen LogP contribution in [0.4, 0.5) is 0 Å². The van der Waals surface area contributed by atoms with Gasteiger partial charge in [0.15, 0.2) is 0 Å². The van der Waals surface area contributed by atoms with Crippen LogP contribution in [0.1, 0.15) is 39.4 Å².